The van der Waals surface area contributed by atoms with E-state index in [-0.39, 0.29) is 12.5 Å². The van der Waals surface area contributed by atoms with Crippen molar-refractivity contribution in [3.05, 3.63) is 59.7 Å². The predicted octanol–water partition coefficient (Wildman–Crippen LogP) is 3.69. The summed E-state index contributed by atoms with van der Waals surface area (Å²) in [7, 11) is 0. The van der Waals surface area contributed by atoms with E-state index >= 15 is 0 Å². The smallest absolute Gasteiger partial charge is 0.407 e. The largest absolute Gasteiger partial charge is 0.481 e. The van der Waals surface area contributed by atoms with Gasteiger partial charge in [-0.25, -0.2) is 4.79 Å². The molecule has 1 fully saturated rings. The van der Waals surface area contributed by atoms with Crippen LogP contribution < -0.4 is 10.6 Å². The van der Waals surface area contributed by atoms with Gasteiger partial charge in [-0.3, -0.25) is 9.59 Å². The Morgan fingerprint density at radius 2 is 1.57 bits per heavy atom. The first-order chi connectivity index (χ1) is 16.5. The number of fused-ring (bicyclic) bond motifs is 3. The summed E-state index contributed by atoms with van der Waals surface area (Å²) >= 11 is 0. The van der Waals surface area contributed by atoms with Gasteiger partial charge in [-0.1, -0.05) is 48.5 Å². The fourth-order valence-electron chi connectivity index (χ4n) is 4.59. The highest BCUT2D eigenvalue weighted by molar-refractivity contribution is 5.85. The Hall–Kier alpha value is -3.39. The zero-order valence-electron chi connectivity index (χ0n) is 20.5. The number of amides is 2. The highest BCUT2D eigenvalue weighted by Gasteiger charge is 2.47. The maximum absolute atomic E-state index is 12.9. The first kappa shape index (κ1) is 24.7. The van der Waals surface area contributed by atoms with Crippen molar-refractivity contribution in [3.8, 4) is 11.1 Å². The Bertz CT molecular complexity index is 1100. The second-order valence-corrected chi connectivity index (χ2v) is 10.2. The summed E-state index contributed by atoms with van der Waals surface area (Å²) in [4.78, 5) is 37.3. The van der Waals surface area contributed by atoms with Crippen molar-refractivity contribution >= 4 is 18.0 Å². The Morgan fingerprint density at radius 3 is 2.14 bits per heavy atom. The van der Waals surface area contributed by atoms with E-state index in [4.69, 9.17) is 9.47 Å². The minimum Gasteiger partial charge on any atom is -0.481 e. The Morgan fingerprint density at radius 1 is 1.00 bits per heavy atom. The number of ether oxygens (including phenoxy) is 2. The molecule has 35 heavy (non-hydrogen) atoms. The average molecular weight is 481 g/mol. The predicted molar refractivity (Wildman–Crippen MR) is 130 cm³/mol. The van der Waals surface area contributed by atoms with Crippen molar-refractivity contribution < 1.29 is 29.0 Å². The van der Waals surface area contributed by atoms with Crippen LogP contribution in [0.25, 0.3) is 11.1 Å². The standard InChI is InChI=1S/C27H32N2O6/c1-26(2,24(31)32)27(3,4)29-23(30)22-21(13-14-34-22)28-25(33)35-15-20-18-11-7-5-9-16(18)17-10-6-8-12-19(17)20/h5-12,20-22H,13-15H2,1-4H3,(H,28,33)(H,29,30)(H,31,32). The third kappa shape index (κ3) is 4.62. The van der Waals surface area contributed by atoms with E-state index in [2.05, 4.69) is 22.8 Å². The Balaban J connectivity index is 1.38. The third-order valence-corrected chi connectivity index (χ3v) is 7.53. The van der Waals surface area contributed by atoms with Gasteiger partial charge in [-0.15, -0.1) is 0 Å². The van der Waals surface area contributed by atoms with Gasteiger partial charge in [-0.05, 0) is 56.4 Å². The van der Waals surface area contributed by atoms with Gasteiger partial charge in [0.2, 0.25) is 0 Å². The van der Waals surface area contributed by atoms with Crippen molar-refractivity contribution in [2.45, 2.75) is 57.7 Å². The first-order valence-electron chi connectivity index (χ1n) is 11.8. The van der Waals surface area contributed by atoms with Gasteiger partial charge < -0.3 is 25.2 Å². The van der Waals surface area contributed by atoms with Crippen molar-refractivity contribution in [2.24, 2.45) is 5.41 Å². The molecule has 2 aromatic rings. The molecule has 2 aromatic carbocycles. The summed E-state index contributed by atoms with van der Waals surface area (Å²) in [5.41, 5.74) is 2.26. The summed E-state index contributed by atoms with van der Waals surface area (Å²) in [5, 5.41) is 15.1. The van der Waals surface area contributed by atoms with E-state index in [9.17, 15) is 19.5 Å². The molecule has 0 spiro atoms. The minimum atomic E-state index is -1.21. The zero-order chi connectivity index (χ0) is 25.4. The number of carboxylic acid groups (broad SMARTS) is 1. The number of alkyl carbamates (subject to hydrolysis) is 1. The van der Waals surface area contributed by atoms with E-state index in [1.165, 1.54) is 0 Å². The van der Waals surface area contributed by atoms with Crippen LogP contribution in [0.1, 0.15) is 51.2 Å². The molecule has 4 rings (SSSR count). The van der Waals surface area contributed by atoms with Gasteiger partial charge in [0.15, 0.2) is 6.10 Å². The molecule has 1 heterocycles. The fraction of sp³-hybridized carbons (Fsp3) is 0.444. The topological polar surface area (TPSA) is 114 Å². The normalized spacial score (nSPS) is 19.5. The fourth-order valence-corrected chi connectivity index (χ4v) is 4.59. The summed E-state index contributed by atoms with van der Waals surface area (Å²) in [6.07, 6.45) is -1.10. The maximum atomic E-state index is 12.9. The molecule has 1 saturated heterocycles. The maximum Gasteiger partial charge on any atom is 0.407 e. The summed E-state index contributed by atoms with van der Waals surface area (Å²) in [6.45, 7) is 6.89. The molecule has 8 nitrogen and oxygen atoms in total. The molecule has 1 aliphatic carbocycles. The number of hydrogen-bond donors (Lipinski definition) is 3. The number of rotatable bonds is 7. The lowest BCUT2D eigenvalue weighted by Gasteiger charge is -2.39. The van der Waals surface area contributed by atoms with E-state index in [1.54, 1.807) is 27.7 Å². The molecule has 2 aliphatic rings. The van der Waals surface area contributed by atoms with Gasteiger partial charge >= 0.3 is 12.1 Å². The summed E-state index contributed by atoms with van der Waals surface area (Å²) in [5.74, 6) is -1.56. The molecule has 3 N–H and O–H groups in total. The van der Waals surface area contributed by atoms with Gasteiger partial charge in [0.05, 0.1) is 17.0 Å². The van der Waals surface area contributed by atoms with Gasteiger partial charge in [-0.2, -0.15) is 0 Å². The molecule has 0 bridgehead atoms. The van der Waals surface area contributed by atoms with Crippen LogP contribution in [-0.4, -0.2) is 54.0 Å². The van der Waals surface area contributed by atoms with Crippen LogP contribution in [0.2, 0.25) is 0 Å². The lowest BCUT2D eigenvalue weighted by molar-refractivity contribution is -0.152. The SMILES string of the molecule is CC(C)(NC(=O)C1OCCC1NC(=O)OCC1c2ccccc2-c2ccccc21)C(C)(C)C(=O)O. The van der Waals surface area contributed by atoms with Crippen LogP contribution in [0.4, 0.5) is 4.79 Å². The molecular weight excluding hydrogens is 448 g/mol. The van der Waals surface area contributed by atoms with Crippen LogP contribution in [-0.2, 0) is 19.1 Å². The van der Waals surface area contributed by atoms with Crippen LogP contribution in [0.3, 0.4) is 0 Å². The molecule has 186 valence electrons. The van der Waals surface area contributed by atoms with Crippen LogP contribution >= 0.6 is 0 Å². The van der Waals surface area contributed by atoms with Crippen LogP contribution in [0, 0.1) is 5.41 Å². The molecule has 0 saturated carbocycles. The van der Waals surface area contributed by atoms with E-state index in [1.807, 2.05) is 36.4 Å². The van der Waals surface area contributed by atoms with E-state index in [0.717, 1.165) is 22.3 Å². The molecule has 1 aliphatic heterocycles. The molecule has 2 atom stereocenters. The highest BCUT2D eigenvalue weighted by atomic mass is 16.6. The number of carboxylic acids is 1. The molecular formula is C27H32N2O6. The minimum absolute atomic E-state index is 0.0638. The number of carbonyl (C=O) groups is 3. The second kappa shape index (κ2) is 9.34. The summed E-state index contributed by atoms with van der Waals surface area (Å²) < 4.78 is 11.2. The van der Waals surface area contributed by atoms with E-state index in [0.29, 0.717) is 13.0 Å². The van der Waals surface area contributed by atoms with Crippen molar-refractivity contribution in [1.29, 1.82) is 0 Å². The molecule has 0 aromatic heterocycles. The molecule has 2 amide bonds. The Kier molecular flexibility index (Phi) is 6.60. The van der Waals surface area contributed by atoms with Gasteiger partial charge in [0.25, 0.3) is 5.91 Å². The number of nitrogens with one attached hydrogen (secondary N) is 2. The number of benzene rings is 2. The van der Waals surface area contributed by atoms with Crippen LogP contribution in [0.5, 0.6) is 0 Å². The molecule has 2 unspecified atom stereocenters. The van der Waals surface area contributed by atoms with Crippen molar-refractivity contribution in [3.63, 3.8) is 0 Å². The molecule has 0 radical (unpaired) electrons. The highest BCUT2D eigenvalue weighted by Crippen LogP contribution is 2.44. The Labute approximate surface area is 205 Å². The van der Waals surface area contributed by atoms with Crippen molar-refractivity contribution in [2.75, 3.05) is 13.2 Å². The molecule has 8 heteroatoms. The lowest BCUT2D eigenvalue weighted by Crippen LogP contribution is -2.60. The monoisotopic (exact) mass is 480 g/mol. The number of aliphatic carboxylic acids is 1. The van der Waals surface area contributed by atoms with Gasteiger partial charge in [0, 0.05) is 12.5 Å². The zero-order valence-corrected chi connectivity index (χ0v) is 20.5. The van der Waals surface area contributed by atoms with Gasteiger partial charge in [0.1, 0.15) is 6.61 Å². The van der Waals surface area contributed by atoms with E-state index < -0.39 is 41.1 Å². The quantitative estimate of drug-likeness (QED) is 0.557. The third-order valence-electron chi connectivity index (χ3n) is 7.53. The van der Waals surface area contributed by atoms with Crippen LogP contribution in [0.15, 0.2) is 48.5 Å². The number of carbonyl (C=O) groups excluding carboxylic acids is 2. The average Bonchev–Trinajstić information content (AvgIpc) is 3.39. The lowest BCUT2D eigenvalue weighted by atomic mass is 9.74. The first-order valence-corrected chi connectivity index (χ1v) is 11.8. The second-order valence-electron chi connectivity index (χ2n) is 10.2. The summed E-state index contributed by atoms with van der Waals surface area (Å²) in [6, 6.07) is 15.6. The van der Waals surface area contributed by atoms with Crippen molar-refractivity contribution in [1.82, 2.24) is 10.6 Å². The number of hydrogen-bond acceptors (Lipinski definition) is 5.